The number of carbonyl (C=O) groups is 2. The van der Waals surface area contributed by atoms with Gasteiger partial charge in [0.2, 0.25) is 5.91 Å². The lowest BCUT2D eigenvalue weighted by Crippen LogP contribution is -2.16. The Morgan fingerprint density at radius 1 is 1.25 bits per heavy atom. The SMILES string of the molecule is CCOC(=O)c1sc(-c2ccccc2)cc1NC(=O)CSc1nncn1CC. The van der Waals surface area contributed by atoms with Gasteiger partial charge in [-0.1, -0.05) is 42.1 Å². The third-order valence-corrected chi connectivity index (χ3v) is 5.92. The number of thioether (sulfide) groups is 1. The molecule has 0 bridgehead atoms. The first-order chi connectivity index (χ1) is 13.6. The van der Waals surface area contributed by atoms with Crippen LogP contribution in [-0.2, 0) is 16.1 Å². The van der Waals surface area contributed by atoms with Gasteiger partial charge in [-0.3, -0.25) is 4.79 Å². The van der Waals surface area contributed by atoms with E-state index in [0.29, 0.717) is 15.7 Å². The zero-order valence-corrected chi connectivity index (χ0v) is 17.2. The number of hydrogen-bond donors (Lipinski definition) is 1. The van der Waals surface area contributed by atoms with Crippen molar-refractivity contribution in [3.63, 3.8) is 0 Å². The summed E-state index contributed by atoms with van der Waals surface area (Å²) in [6.07, 6.45) is 1.63. The van der Waals surface area contributed by atoms with Gasteiger partial charge in [-0.2, -0.15) is 0 Å². The number of nitrogens with zero attached hydrogens (tertiary/aromatic N) is 3. The molecule has 146 valence electrons. The minimum absolute atomic E-state index is 0.164. The highest BCUT2D eigenvalue weighted by Crippen LogP contribution is 2.35. The molecule has 28 heavy (non-hydrogen) atoms. The minimum atomic E-state index is -0.441. The molecule has 0 unspecified atom stereocenters. The summed E-state index contributed by atoms with van der Waals surface area (Å²) >= 11 is 2.60. The number of thiophene rings is 1. The number of nitrogens with one attached hydrogen (secondary N) is 1. The molecule has 0 saturated heterocycles. The summed E-state index contributed by atoms with van der Waals surface area (Å²) in [5.74, 6) is -0.501. The highest BCUT2D eigenvalue weighted by molar-refractivity contribution is 7.99. The van der Waals surface area contributed by atoms with Crippen LogP contribution in [-0.4, -0.2) is 39.0 Å². The number of aromatic nitrogens is 3. The predicted octanol–water partition coefficient (Wildman–Crippen LogP) is 3.93. The first-order valence-electron chi connectivity index (χ1n) is 8.79. The Morgan fingerprint density at radius 3 is 2.75 bits per heavy atom. The van der Waals surface area contributed by atoms with E-state index < -0.39 is 5.97 Å². The Hall–Kier alpha value is -2.65. The van der Waals surface area contributed by atoms with Crippen molar-refractivity contribution in [1.29, 1.82) is 0 Å². The van der Waals surface area contributed by atoms with Gasteiger partial charge in [0.25, 0.3) is 0 Å². The van der Waals surface area contributed by atoms with Crippen molar-refractivity contribution in [1.82, 2.24) is 14.8 Å². The van der Waals surface area contributed by atoms with Gasteiger partial charge < -0.3 is 14.6 Å². The molecule has 0 atom stereocenters. The molecule has 0 aliphatic heterocycles. The van der Waals surface area contributed by atoms with Crippen molar-refractivity contribution in [2.45, 2.75) is 25.5 Å². The van der Waals surface area contributed by atoms with Crippen molar-refractivity contribution in [2.24, 2.45) is 0 Å². The molecule has 9 heteroatoms. The number of carbonyl (C=O) groups excluding carboxylic acids is 2. The maximum absolute atomic E-state index is 12.4. The lowest BCUT2D eigenvalue weighted by atomic mass is 10.2. The zero-order valence-electron chi connectivity index (χ0n) is 15.5. The van der Waals surface area contributed by atoms with Gasteiger partial charge in [0.1, 0.15) is 11.2 Å². The zero-order chi connectivity index (χ0) is 19.9. The molecule has 0 aliphatic rings. The second-order valence-corrected chi connectivity index (χ2v) is 7.67. The molecule has 0 radical (unpaired) electrons. The van der Waals surface area contributed by atoms with E-state index in [1.807, 2.05) is 47.9 Å². The summed E-state index contributed by atoms with van der Waals surface area (Å²) < 4.78 is 7.00. The molecule has 0 saturated carbocycles. The van der Waals surface area contributed by atoms with Crippen molar-refractivity contribution in [3.8, 4) is 10.4 Å². The quantitative estimate of drug-likeness (QED) is 0.442. The van der Waals surface area contributed by atoms with E-state index in [9.17, 15) is 9.59 Å². The smallest absolute Gasteiger partial charge is 0.350 e. The maximum atomic E-state index is 12.4. The van der Waals surface area contributed by atoms with Crippen molar-refractivity contribution < 1.29 is 14.3 Å². The molecule has 1 N–H and O–H groups in total. The van der Waals surface area contributed by atoms with Crippen LogP contribution in [0.1, 0.15) is 23.5 Å². The summed E-state index contributed by atoms with van der Waals surface area (Å²) in [4.78, 5) is 26.1. The minimum Gasteiger partial charge on any atom is -0.462 e. The average Bonchev–Trinajstić information content (AvgIpc) is 3.34. The molecule has 3 aromatic rings. The molecule has 0 fully saturated rings. The lowest BCUT2D eigenvalue weighted by Gasteiger charge is -2.06. The van der Waals surface area contributed by atoms with Crippen LogP contribution in [0.2, 0.25) is 0 Å². The Bertz CT molecular complexity index is 953. The second kappa shape index (κ2) is 9.52. The van der Waals surface area contributed by atoms with E-state index in [1.165, 1.54) is 23.1 Å². The van der Waals surface area contributed by atoms with Gasteiger partial charge in [-0.25, -0.2) is 4.79 Å². The van der Waals surface area contributed by atoms with Crippen LogP contribution in [0, 0.1) is 0 Å². The van der Waals surface area contributed by atoms with Gasteiger partial charge >= 0.3 is 5.97 Å². The van der Waals surface area contributed by atoms with E-state index in [2.05, 4.69) is 15.5 Å². The summed E-state index contributed by atoms with van der Waals surface area (Å²) in [6, 6.07) is 11.5. The largest absolute Gasteiger partial charge is 0.462 e. The Morgan fingerprint density at radius 2 is 2.04 bits per heavy atom. The normalized spacial score (nSPS) is 10.6. The highest BCUT2D eigenvalue weighted by Gasteiger charge is 2.20. The lowest BCUT2D eigenvalue weighted by molar-refractivity contribution is -0.113. The van der Waals surface area contributed by atoms with Gasteiger partial charge in [0, 0.05) is 11.4 Å². The van der Waals surface area contributed by atoms with Crippen LogP contribution in [0.5, 0.6) is 0 Å². The van der Waals surface area contributed by atoms with Crippen LogP contribution in [0.25, 0.3) is 10.4 Å². The van der Waals surface area contributed by atoms with Crippen molar-refractivity contribution in [2.75, 3.05) is 17.7 Å². The summed E-state index contributed by atoms with van der Waals surface area (Å²) in [5.41, 5.74) is 1.44. The first-order valence-corrected chi connectivity index (χ1v) is 10.6. The number of hydrogen-bond acceptors (Lipinski definition) is 7. The van der Waals surface area contributed by atoms with Crippen molar-refractivity contribution >= 4 is 40.7 Å². The average molecular weight is 417 g/mol. The van der Waals surface area contributed by atoms with Gasteiger partial charge in [0.15, 0.2) is 5.16 Å². The molecule has 1 aromatic carbocycles. The number of rotatable bonds is 8. The third-order valence-electron chi connectivity index (χ3n) is 3.78. The molecule has 1 amide bonds. The number of amides is 1. The molecular formula is C19H20N4O3S2. The Balaban J connectivity index is 1.76. The molecular weight excluding hydrogens is 396 g/mol. The second-order valence-electron chi connectivity index (χ2n) is 5.68. The fourth-order valence-corrected chi connectivity index (χ4v) is 4.26. The molecule has 7 nitrogen and oxygen atoms in total. The number of anilines is 1. The van der Waals surface area contributed by atoms with Gasteiger partial charge in [-0.05, 0) is 25.5 Å². The summed E-state index contributed by atoms with van der Waals surface area (Å²) in [7, 11) is 0. The van der Waals surface area contributed by atoms with Crippen molar-refractivity contribution in [3.05, 3.63) is 47.6 Å². The van der Waals surface area contributed by atoms with E-state index in [0.717, 1.165) is 17.0 Å². The number of esters is 1. The van der Waals surface area contributed by atoms with E-state index in [1.54, 1.807) is 13.3 Å². The fourth-order valence-electron chi connectivity index (χ4n) is 2.47. The predicted molar refractivity (Wildman–Crippen MR) is 111 cm³/mol. The van der Waals surface area contributed by atoms with E-state index in [4.69, 9.17) is 4.74 Å². The third kappa shape index (κ3) is 4.79. The monoisotopic (exact) mass is 416 g/mol. The summed E-state index contributed by atoms with van der Waals surface area (Å²) in [6.45, 7) is 4.74. The van der Waals surface area contributed by atoms with E-state index in [-0.39, 0.29) is 18.3 Å². The molecule has 3 rings (SSSR count). The molecule has 2 heterocycles. The number of ether oxygens (including phenoxy) is 1. The van der Waals surface area contributed by atoms with Crippen LogP contribution in [0.4, 0.5) is 5.69 Å². The van der Waals surface area contributed by atoms with E-state index >= 15 is 0 Å². The summed E-state index contributed by atoms with van der Waals surface area (Å²) in [5, 5.41) is 11.4. The van der Waals surface area contributed by atoms with Crippen LogP contribution >= 0.6 is 23.1 Å². The first kappa shape index (κ1) is 20.1. The maximum Gasteiger partial charge on any atom is 0.350 e. The van der Waals surface area contributed by atoms with Gasteiger partial charge in [-0.15, -0.1) is 21.5 Å². The Kier molecular flexibility index (Phi) is 6.83. The molecule has 0 spiro atoms. The molecule has 2 aromatic heterocycles. The van der Waals surface area contributed by atoms with Gasteiger partial charge in [0.05, 0.1) is 18.0 Å². The number of aryl methyl sites for hydroxylation is 1. The van der Waals surface area contributed by atoms with Crippen LogP contribution in [0.3, 0.4) is 0 Å². The number of benzene rings is 1. The van der Waals surface area contributed by atoms with Crippen LogP contribution < -0.4 is 5.32 Å². The Labute approximate surface area is 171 Å². The molecule has 0 aliphatic carbocycles. The van der Waals surface area contributed by atoms with Crippen LogP contribution in [0.15, 0.2) is 47.9 Å². The topological polar surface area (TPSA) is 86.1 Å². The standard InChI is InChI=1S/C19H20N4O3S2/c1-3-23-12-20-22-19(23)27-11-16(24)21-14-10-15(13-8-6-5-7-9-13)28-17(14)18(25)26-4-2/h5-10,12H,3-4,11H2,1-2H3,(H,21,24). The highest BCUT2D eigenvalue weighted by atomic mass is 32.2. The fraction of sp³-hybridized carbons (Fsp3) is 0.263.